The van der Waals surface area contributed by atoms with Crippen molar-refractivity contribution in [3.63, 3.8) is 0 Å². The molecule has 3 aliphatic heterocycles. The molecule has 0 amide bonds. The molecule has 3 atom stereocenters. The first-order valence-corrected chi connectivity index (χ1v) is 11.5. The molecule has 0 radical (unpaired) electrons. The summed E-state index contributed by atoms with van der Waals surface area (Å²) in [6, 6.07) is 19.9. The van der Waals surface area contributed by atoms with Crippen molar-refractivity contribution in [3.8, 4) is 23.0 Å². The molecule has 0 aromatic heterocycles. The molecule has 3 aliphatic rings. The second kappa shape index (κ2) is 9.18. The van der Waals surface area contributed by atoms with Crippen molar-refractivity contribution < 1.29 is 33.2 Å². The molecule has 3 aromatic carbocycles. The Morgan fingerprint density at radius 1 is 0.735 bits per heavy atom. The number of benzene rings is 3. The van der Waals surface area contributed by atoms with Gasteiger partial charge in [0.15, 0.2) is 30.4 Å². The van der Waals surface area contributed by atoms with E-state index in [-0.39, 0.29) is 6.79 Å². The highest BCUT2D eigenvalue weighted by Gasteiger charge is 2.32. The molecule has 1 fully saturated rings. The minimum Gasteiger partial charge on any atom is -0.497 e. The molecule has 0 spiro atoms. The number of rotatable bonds is 6. The lowest BCUT2D eigenvalue weighted by Crippen LogP contribution is -2.38. The van der Waals surface area contributed by atoms with Crippen LogP contribution >= 0.6 is 0 Å². The van der Waals surface area contributed by atoms with Crippen molar-refractivity contribution >= 4 is 0 Å². The van der Waals surface area contributed by atoms with E-state index in [1.807, 2.05) is 48.5 Å². The Morgan fingerprint density at radius 2 is 1.44 bits per heavy atom. The smallest absolute Gasteiger partial charge is 0.231 e. The molecular formula is C27H26O7. The number of hydrogen-bond donors (Lipinski definition) is 0. The van der Waals surface area contributed by atoms with Crippen molar-refractivity contribution in [2.75, 3.05) is 20.5 Å². The lowest BCUT2D eigenvalue weighted by molar-refractivity contribution is -0.386. The topological polar surface area (TPSA) is 64.6 Å². The van der Waals surface area contributed by atoms with Gasteiger partial charge in [0.1, 0.15) is 11.5 Å². The standard InChI is InChI=1S/C27H26O7/c1-28-21-6-4-19(5-7-21)27-33-25(14-17-2-8-22-20(12-17)10-11-29-22)32-26(34-27)15-18-3-9-23-24(13-18)31-16-30-23/h2-9,12-13,25-27H,10-11,14-16H2,1H3. The van der Waals surface area contributed by atoms with E-state index in [0.29, 0.717) is 12.8 Å². The Bertz CT molecular complexity index is 1090. The Labute approximate surface area is 198 Å². The fourth-order valence-electron chi connectivity index (χ4n) is 4.47. The fraction of sp³-hybridized carbons (Fsp3) is 0.333. The zero-order valence-electron chi connectivity index (χ0n) is 18.9. The molecule has 7 nitrogen and oxygen atoms in total. The summed E-state index contributed by atoms with van der Waals surface area (Å²) in [5.41, 5.74) is 4.32. The summed E-state index contributed by atoms with van der Waals surface area (Å²) in [6.07, 6.45) is 0.604. The first-order valence-electron chi connectivity index (χ1n) is 11.5. The number of fused-ring (bicyclic) bond motifs is 2. The van der Waals surface area contributed by atoms with Crippen molar-refractivity contribution in [1.82, 2.24) is 0 Å². The maximum atomic E-state index is 6.26. The van der Waals surface area contributed by atoms with Crippen LogP contribution in [0.15, 0.2) is 60.7 Å². The summed E-state index contributed by atoms with van der Waals surface area (Å²) in [5, 5.41) is 0. The Hall–Kier alpha value is -3.26. The predicted octanol–water partition coefficient (Wildman–Crippen LogP) is 4.56. The largest absolute Gasteiger partial charge is 0.497 e. The SMILES string of the molecule is COc1ccc(C2OC(Cc3ccc4c(c3)CCO4)OC(Cc3ccc4c(c3)OCO4)O2)cc1. The van der Waals surface area contributed by atoms with Crippen molar-refractivity contribution in [3.05, 3.63) is 82.9 Å². The van der Waals surface area contributed by atoms with Crippen LogP contribution in [-0.4, -0.2) is 33.1 Å². The van der Waals surface area contributed by atoms with Gasteiger partial charge in [0.05, 0.1) is 13.7 Å². The summed E-state index contributed by atoms with van der Waals surface area (Å²) >= 11 is 0. The predicted molar refractivity (Wildman–Crippen MR) is 122 cm³/mol. The van der Waals surface area contributed by atoms with Gasteiger partial charge in [-0.05, 0) is 47.0 Å². The third-order valence-electron chi connectivity index (χ3n) is 6.24. The van der Waals surface area contributed by atoms with Crippen LogP contribution in [-0.2, 0) is 33.5 Å². The number of hydrogen-bond acceptors (Lipinski definition) is 7. The second-order valence-electron chi connectivity index (χ2n) is 8.51. The Balaban J connectivity index is 1.22. The van der Waals surface area contributed by atoms with Crippen LogP contribution in [0.1, 0.15) is 28.5 Å². The van der Waals surface area contributed by atoms with Crippen LogP contribution in [0.25, 0.3) is 0 Å². The second-order valence-corrected chi connectivity index (χ2v) is 8.51. The van der Waals surface area contributed by atoms with E-state index in [2.05, 4.69) is 12.1 Å². The van der Waals surface area contributed by atoms with Gasteiger partial charge in [0, 0.05) is 24.8 Å². The Kier molecular flexibility index (Phi) is 5.74. The summed E-state index contributed by atoms with van der Waals surface area (Å²) in [7, 11) is 1.65. The lowest BCUT2D eigenvalue weighted by atomic mass is 10.1. The molecule has 6 rings (SSSR count). The van der Waals surface area contributed by atoms with Crippen LogP contribution in [0.3, 0.4) is 0 Å². The van der Waals surface area contributed by atoms with Crippen LogP contribution in [0.2, 0.25) is 0 Å². The summed E-state index contributed by atoms with van der Waals surface area (Å²) < 4.78 is 40.6. The summed E-state index contributed by atoms with van der Waals surface area (Å²) in [5.74, 6) is 3.25. The average Bonchev–Trinajstić information content (AvgIpc) is 3.53. The minimum atomic E-state index is -0.554. The molecule has 0 N–H and O–H groups in total. The van der Waals surface area contributed by atoms with Gasteiger partial charge in [-0.25, -0.2) is 0 Å². The molecular weight excluding hydrogens is 436 g/mol. The van der Waals surface area contributed by atoms with Gasteiger partial charge in [-0.2, -0.15) is 0 Å². The van der Waals surface area contributed by atoms with Gasteiger partial charge >= 0.3 is 0 Å². The molecule has 34 heavy (non-hydrogen) atoms. The van der Waals surface area contributed by atoms with Crippen LogP contribution in [0, 0.1) is 0 Å². The quantitative estimate of drug-likeness (QED) is 0.532. The van der Waals surface area contributed by atoms with E-state index in [4.69, 9.17) is 33.2 Å². The molecule has 0 aliphatic carbocycles. The zero-order chi connectivity index (χ0) is 22.9. The number of methoxy groups -OCH3 is 1. The van der Waals surface area contributed by atoms with Gasteiger partial charge < -0.3 is 33.2 Å². The van der Waals surface area contributed by atoms with E-state index in [1.165, 1.54) is 5.56 Å². The molecule has 0 saturated carbocycles. The normalized spacial score (nSPS) is 22.8. The Morgan fingerprint density at radius 3 is 2.21 bits per heavy atom. The zero-order valence-corrected chi connectivity index (χ0v) is 18.9. The highest BCUT2D eigenvalue weighted by molar-refractivity contribution is 5.44. The third-order valence-corrected chi connectivity index (χ3v) is 6.24. The van der Waals surface area contributed by atoms with Crippen LogP contribution in [0.4, 0.5) is 0 Å². The average molecular weight is 462 g/mol. The lowest BCUT2D eigenvalue weighted by Gasteiger charge is -2.36. The van der Waals surface area contributed by atoms with E-state index in [9.17, 15) is 0 Å². The van der Waals surface area contributed by atoms with Gasteiger partial charge in [0.2, 0.25) is 6.79 Å². The van der Waals surface area contributed by atoms with E-state index in [1.54, 1.807) is 7.11 Å². The van der Waals surface area contributed by atoms with Gasteiger partial charge in [-0.3, -0.25) is 0 Å². The summed E-state index contributed by atoms with van der Waals surface area (Å²) in [4.78, 5) is 0. The fourth-order valence-corrected chi connectivity index (χ4v) is 4.47. The highest BCUT2D eigenvalue weighted by Crippen LogP contribution is 2.36. The molecule has 3 aromatic rings. The molecule has 3 unspecified atom stereocenters. The van der Waals surface area contributed by atoms with E-state index in [0.717, 1.165) is 52.7 Å². The van der Waals surface area contributed by atoms with Crippen LogP contribution in [0.5, 0.6) is 23.0 Å². The maximum absolute atomic E-state index is 6.26. The number of ether oxygens (including phenoxy) is 7. The van der Waals surface area contributed by atoms with Gasteiger partial charge in [-0.15, -0.1) is 0 Å². The van der Waals surface area contributed by atoms with Crippen LogP contribution < -0.4 is 18.9 Å². The highest BCUT2D eigenvalue weighted by atomic mass is 16.9. The van der Waals surface area contributed by atoms with Gasteiger partial charge in [-0.1, -0.05) is 30.3 Å². The van der Waals surface area contributed by atoms with Crippen molar-refractivity contribution in [2.45, 2.75) is 38.1 Å². The summed E-state index contributed by atoms with van der Waals surface area (Å²) in [6.45, 7) is 0.983. The molecule has 0 bridgehead atoms. The monoisotopic (exact) mass is 462 g/mol. The van der Waals surface area contributed by atoms with E-state index >= 15 is 0 Å². The van der Waals surface area contributed by atoms with Gasteiger partial charge in [0.25, 0.3) is 0 Å². The van der Waals surface area contributed by atoms with Crippen molar-refractivity contribution in [2.24, 2.45) is 0 Å². The molecule has 176 valence electrons. The third kappa shape index (κ3) is 4.42. The molecule has 1 saturated heterocycles. The molecule has 7 heteroatoms. The first kappa shape index (κ1) is 21.3. The van der Waals surface area contributed by atoms with Crippen molar-refractivity contribution in [1.29, 1.82) is 0 Å². The molecule has 3 heterocycles. The minimum absolute atomic E-state index is 0.247. The first-order chi connectivity index (χ1) is 16.7. The maximum Gasteiger partial charge on any atom is 0.231 e. The van der Waals surface area contributed by atoms with E-state index < -0.39 is 18.9 Å².